The van der Waals surface area contributed by atoms with Crippen molar-refractivity contribution >= 4 is 22.7 Å². The fraction of sp³-hybridized carbons (Fsp3) is 0.467. The van der Waals surface area contributed by atoms with Gasteiger partial charge in [0.1, 0.15) is 0 Å². The van der Waals surface area contributed by atoms with Crippen LogP contribution in [0.3, 0.4) is 0 Å². The zero-order chi connectivity index (χ0) is 14.7. The number of para-hydroxylation sites is 1. The van der Waals surface area contributed by atoms with Crippen molar-refractivity contribution in [2.45, 2.75) is 5.16 Å². The molecule has 0 bridgehead atoms. The van der Waals surface area contributed by atoms with Gasteiger partial charge in [0.2, 0.25) is 0 Å². The number of benzene rings is 1. The van der Waals surface area contributed by atoms with Gasteiger partial charge in [-0.2, -0.15) is 0 Å². The fourth-order valence-electron chi connectivity index (χ4n) is 2.42. The molecule has 2 aromatic rings. The lowest BCUT2D eigenvalue weighted by molar-refractivity contribution is 0.0410. The molecule has 21 heavy (non-hydrogen) atoms. The van der Waals surface area contributed by atoms with Crippen LogP contribution in [0.5, 0.6) is 0 Å². The first-order chi connectivity index (χ1) is 10.3. The van der Waals surface area contributed by atoms with Crippen molar-refractivity contribution in [2.75, 3.05) is 38.6 Å². The van der Waals surface area contributed by atoms with Crippen LogP contribution in [0.2, 0.25) is 0 Å². The van der Waals surface area contributed by atoms with Crippen molar-refractivity contribution in [3.63, 3.8) is 0 Å². The molecule has 0 spiro atoms. The minimum absolute atomic E-state index is 0.0227. The normalized spacial score (nSPS) is 16.4. The maximum Gasteiger partial charge on any atom is 0.261 e. The van der Waals surface area contributed by atoms with Crippen LogP contribution in [0.25, 0.3) is 10.9 Å². The number of rotatable bonds is 4. The second-order valence-corrected chi connectivity index (χ2v) is 6.14. The van der Waals surface area contributed by atoms with E-state index in [1.807, 2.05) is 24.3 Å². The summed E-state index contributed by atoms with van der Waals surface area (Å²) in [6.07, 6.45) is 0. The Morgan fingerprint density at radius 3 is 2.86 bits per heavy atom. The van der Waals surface area contributed by atoms with Crippen molar-refractivity contribution in [1.82, 2.24) is 14.5 Å². The van der Waals surface area contributed by atoms with Crippen LogP contribution in [-0.4, -0.2) is 53.1 Å². The number of nitrogens with zero attached hydrogens (tertiary/aromatic N) is 3. The summed E-state index contributed by atoms with van der Waals surface area (Å²) in [6, 6.07) is 7.50. The molecule has 112 valence electrons. The molecule has 0 atom stereocenters. The Kier molecular flexibility index (Phi) is 4.57. The van der Waals surface area contributed by atoms with Gasteiger partial charge in [-0.05, 0) is 12.1 Å². The minimum atomic E-state index is 0.0227. The molecule has 1 aliphatic rings. The predicted octanol–water partition coefficient (Wildman–Crippen LogP) is 1.36. The third kappa shape index (κ3) is 3.28. The molecule has 0 radical (unpaired) electrons. The molecule has 1 saturated heterocycles. The van der Waals surface area contributed by atoms with E-state index in [-0.39, 0.29) is 5.56 Å². The highest BCUT2D eigenvalue weighted by Gasteiger charge is 2.12. The average Bonchev–Trinajstić information content (AvgIpc) is 2.53. The van der Waals surface area contributed by atoms with Crippen molar-refractivity contribution < 1.29 is 4.74 Å². The molecule has 0 amide bonds. The number of hydrogen-bond acceptors (Lipinski definition) is 5. The van der Waals surface area contributed by atoms with Gasteiger partial charge in [-0.1, -0.05) is 23.9 Å². The van der Waals surface area contributed by atoms with E-state index in [9.17, 15) is 4.79 Å². The Balaban J connectivity index is 1.71. The minimum Gasteiger partial charge on any atom is -0.379 e. The lowest BCUT2D eigenvalue weighted by atomic mass is 10.2. The van der Waals surface area contributed by atoms with Gasteiger partial charge in [0.15, 0.2) is 5.16 Å². The standard InChI is InChI=1S/C15H19N3O2S/c1-17-14(19)12-4-2-3-5-13(12)16-15(17)21-11-8-18-6-9-20-10-7-18/h2-5H,6-11H2,1H3. The largest absolute Gasteiger partial charge is 0.379 e. The predicted molar refractivity (Wildman–Crippen MR) is 85.0 cm³/mol. The molecule has 1 aromatic heterocycles. The van der Waals surface area contributed by atoms with Crippen LogP contribution in [-0.2, 0) is 11.8 Å². The summed E-state index contributed by atoms with van der Waals surface area (Å²) in [4.78, 5) is 19.3. The number of morpholine rings is 1. The van der Waals surface area contributed by atoms with Gasteiger partial charge >= 0.3 is 0 Å². The smallest absolute Gasteiger partial charge is 0.261 e. The molecule has 1 aliphatic heterocycles. The number of ether oxygens (including phenoxy) is 1. The summed E-state index contributed by atoms with van der Waals surface area (Å²) in [7, 11) is 1.79. The number of aromatic nitrogens is 2. The van der Waals surface area contributed by atoms with Gasteiger partial charge in [0.25, 0.3) is 5.56 Å². The highest BCUT2D eigenvalue weighted by Crippen LogP contribution is 2.17. The molecule has 0 saturated carbocycles. The van der Waals surface area contributed by atoms with E-state index in [4.69, 9.17) is 4.74 Å². The number of fused-ring (bicyclic) bond motifs is 1. The van der Waals surface area contributed by atoms with Crippen LogP contribution < -0.4 is 5.56 Å². The summed E-state index contributed by atoms with van der Waals surface area (Å²) in [5.74, 6) is 0.929. The Bertz CT molecular complexity index is 680. The number of hydrogen-bond donors (Lipinski definition) is 0. The van der Waals surface area contributed by atoms with E-state index in [1.165, 1.54) is 0 Å². The molecule has 0 N–H and O–H groups in total. The van der Waals surface area contributed by atoms with Crippen molar-refractivity contribution in [3.05, 3.63) is 34.6 Å². The summed E-state index contributed by atoms with van der Waals surface area (Å²) >= 11 is 1.64. The Morgan fingerprint density at radius 2 is 2.05 bits per heavy atom. The zero-order valence-electron chi connectivity index (χ0n) is 12.1. The molecule has 2 heterocycles. The quantitative estimate of drug-likeness (QED) is 0.630. The van der Waals surface area contributed by atoms with Crippen LogP contribution >= 0.6 is 11.8 Å². The Morgan fingerprint density at radius 1 is 1.29 bits per heavy atom. The first-order valence-corrected chi connectivity index (χ1v) is 8.13. The Hall–Kier alpha value is -1.37. The van der Waals surface area contributed by atoms with Crippen molar-refractivity contribution in [1.29, 1.82) is 0 Å². The lowest BCUT2D eigenvalue weighted by Gasteiger charge is -2.26. The van der Waals surface area contributed by atoms with Gasteiger partial charge in [-0.25, -0.2) is 4.98 Å². The topological polar surface area (TPSA) is 47.4 Å². The molecule has 6 heteroatoms. The second-order valence-electron chi connectivity index (χ2n) is 5.08. The first kappa shape index (κ1) is 14.6. The molecular weight excluding hydrogens is 286 g/mol. The van der Waals surface area contributed by atoms with Crippen LogP contribution in [0.15, 0.2) is 34.2 Å². The third-order valence-electron chi connectivity index (χ3n) is 3.68. The zero-order valence-corrected chi connectivity index (χ0v) is 12.9. The molecule has 0 aliphatic carbocycles. The van der Waals surface area contributed by atoms with Gasteiger partial charge < -0.3 is 4.74 Å². The molecular formula is C15H19N3O2S. The highest BCUT2D eigenvalue weighted by atomic mass is 32.2. The van der Waals surface area contributed by atoms with Crippen LogP contribution in [0, 0.1) is 0 Å². The van der Waals surface area contributed by atoms with Crippen molar-refractivity contribution in [2.24, 2.45) is 7.05 Å². The van der Waals surface area contributed by atoms with Crippen LogP contribution in [0.4, 0.5) is 0 Å². The second kappa shape index (κ2) is 6.60. The SMILES string of the molecule is Cn1c(SCCN2CCOCC2)nc2ccccc2c1=O. The monoisotopic (exact) mass is 305 g/mol. The lowest BCUT2D eigenvalue weighted by Crippen LogP contribution is -2.37. The number of thioether (sulfide) groups is 1. The van der Waals surface area contributed by atoms with Gasteiger partial charge in [0.05, 0.1) is 24.1 Å². The maximum atomic E-state index is 12.3. The summed E-state index contributed by atoms with van der Waals surface area (Å²) < 4.78 is 6.99. The summed E-state index contributed by atoms with van der Waals surface area (Å²) in [5.41, 5.74) is 0.795. The van der Waals surface area contributed by atoms with E-state index in [2.05, 4.69) is 9.88 Å². The molecule has 3 rings (SSSR count). The van der Waals surface area contributed by atoms with E-state index in [1.54, 1.807) is 23.4 Å². The first-order valence-electron chi connectivity index (χ1n) is 7.14. The molecule has 5 nitrogen and oxygen atoms in total. The van der Waals surface area contributed by atoms with E-state index in [0.717, 1.165) is 49.3 Å². The van der Waals surface area contributed by atoms with Crippen LogP contribution in [0.1, 0.15) is 0 Å². The van der Waals surface area contributed by atoms with Gasteiger partial charge in [0, 0.05) is 32.4 Å². The van der Waals surface area contributed by atoms with E-state index in [0.29, 0.717) is 5.39 Å². The summed E-state index contributed by atoms with van der Waals surface area (Å²) in [6.45, 7) is 4.61. The van der Waals surface area contributed by atoms with Gasteiger partial charge in [-0.3, -0.25) is 14.3 Å². The Labute approximate surface area is 127 Å². The third-order valence-corrected chi connectivity index (χ3v) is 4.69. The summed E-state index contributed by atoms with van der Waals surface area (Å²) in [5, 5.41) is 1.46. The maximum absolute atomic E-state index is 12.3. The van der Waals surface area contributed by atoms with Crippen molar-refractivity contribution in [3.8, 4) is 0 Å². The molecule has 1 fully saturated rings. The average molecular weight is 305 g/mol. The molecule has 1 aromatic carbocycles. The van der Waals surface area contributed by atoms with E-state index >= 15 is 0 Å². The molecule has 0 unspecified atom stereocenters. The van der Waals surface area contributed by atoms with E-state index < -0.39 is 0 Å². The fourth-order valence-corrected chi connectivity index (χ4v) is 3.39. The van der Waals surface area contributed by atoms with Gasteiger partial charge in [-0.15, -0.1) is 0 Å². The highest BCUT2D eigenvalue weighted by molar-refractivity contribution is 7.99.